The quantitative estimate of drug-likeness (QED) is 0.739. The lowest BCUT2D eigenvalue weighted by Gasteiger charge is -2.32. The van der Waals surface area contributed by atoms with E-state index in [1.54, 1.807) is 6.08 Å². The molecule has 2 aliphatic rings. The van der Waals surface area contributed by atoms with Crippen LogP contribution in [-0.2, 0) is 0 Å². The molecule has 0 amide bonds. The second-order valence-electron chi connectivity index (χ2n) is 7.02. The molecule has 1 aliphatic carbocycles. The van der Waals surface area contributed by atoms with Gasteiger partial charge in [-0.05, 0) is 44.0 Å². The molecule has 0 radical (unpaired) electrons. The van der Waals surface area contributed by atoms with Crippen LogP contribution in [0.25, 0.3) is 0 Å². The standard InChI is InChI=1S/C20H28FN3O/c1-16-14-17(4-6-19(16)21)18-5-7-20(22-15-18)25-13-3-8-24-11-9-23(2)10-12-24/h5-7,14-15,17H,3-4,8-13H2,1-2H3. The average molecular weight is 345 g/mol. The second kappa shape index (κ2) is 8.59. The van der Waals surface area contributed by atoms with E-state index in [1.165, 1.54) is 0 Å². The number of aromatic nitrogens is 1. The molecule has 4 nitrogen and oxygen atoms in total. The van der Waals surface area contributed by atoms with Gasteiger partial charge in [0.15, 0.2) is 0 Å². The fourth-order valence-corrected chi connectivity index (χ4v) is 3.31. The van der Waals surface area contributed by atoms with Crippen molar-refractivity contribution in [2.75, 3.05) is 46.4 Å². The van der Waals surface area contributed by atoms with Gasteiger partial charge in [0.05, 0.1) is 6.61 Å². The van der Waals surface area contributed by atoms with E-state index in [0.717, 1.165) is 44.7 Å². The molecule has 0 saturated carbocycles. The molecule has 1 aliphatic heterocycles. The number of piperazine rings is 1. The molecular formula is C20H28FN3O. The Balaban J connectivity index is 1.41. The summed E-state index contributed by atoms with van der Waals surface area (Å²) in [7, 11) is 2.17. The number of halogens is 1. The van der Waals surface area contributed by atoms with Crippen molar-refractivity contribution in [3.05, 3.63) is 47.4 Å². The first-order chi connectivity index (χ1) is 12.1. The van der Waals surface area contributed by atoms with E-state index >= 15 is 0 Å². The fourth-order valence-electron chi connectivity index (χ4n) is 3.31. The molecule has 1 unspecified atom stereocenters. The summed E-state index contributed by atoms with van der Waals surface area (Å²) < 4.78 is 19.2. The SMILES string of the molecule is CC1=CC(c2ccc(OCCCN3CCN(C)CC3)nc2)CC=C1F. The smallest absolute Gasteiger partial charge is 0.213 e. The van der Waals surface area contributed by atoms with Crippen molar-refractivity contribution < 1.29 is 9.13 Å². The van der Waals surface area contributed by atoms with Crippen molar-refractivity contribution >= 4 is 0 Å². The van der Waals surface area contributed by atoms with Gasteiger partial charge in [-0.1, -0.05) is 12.1 Å². The van der Waals surface area contributed by atoms with Gasteiger partial charge in [0, 0.05) is 50.9 Å². The Morgan fingerprint density at radius 2 is 2.04 bits per heavy atom. The number of nitrogens with zero attached hydrogens (tertiary/aromatic N) is 3. The first-order valence-corrected chi connectivity index (χ1v) is 9.16. The second-order valence-corrected chi connectivity index (χ2v) is 7.02. The minimum atomic E-state index is -0.107. The monoisotopic (exact) mass is 345 g/mol. The Kier molecular flexibility index (Phi) is 6.21. The molecule has 2 heterocycles. The third-order valence-electron chi connectivity index (χ3n) is 5.03. The van der Waals surface area contributed by atoms with Crippen LogP contribution in [0, 0.1) is 0 Å². The lowest BCUT2D eigenvalue weighted by Crippen LogP contribution is -2.44. The minimum Gasteiger partial charge on any atom is -0.478 e. The van der Waals surface area contributed by atoms with E-state index in [4.69, 9.17) is 4.74 Å². The Bertz CT molecular complexity index is 618. The molecule has 1 aromatic heterocycles. The van der Waals surface area contributed by atoms with Crippen molar-refractivity contribution in [1.29, 1.82) is 0 Å². The highest BCUT2D eigenvalue weighted by Gasteiger charge is 2.15. The zero-order chi connectivity index (χ0) is 17.6. The Morgan fingerprint density at radius 3 is 2.72 bits per heavy atom. The van der Waals surface area contributed by atoms with E-state index in [9.17, 15) is 4.39 Å². The molecule has 1 atom stereocenters. The molecule has 0 spiro atoms. The fraction of sp³-hybridized carbons (Fsp3) is 0.550. The van der Waals surface area contributed by atoms with Crippen LogP contribution in [-0.4, -0.2) is 61.2 Å². The van der Waals surface area contributed by atoms with Gasteiger partial charge in [0.1, 0.15) is 5.83 Å². The maximum atomic E-state index is 13.4. The zero-order valence-electron chi connectivity index (χ0n) is 15.2. The summed E-state index contributed by atoms with van der Waals surface area (Å²) in [4.78, 5) is 9.26. The molecule has 136 valence electrons. The van der Waals surface area contributed by atoms with Crippen molar-refractivity contribution in [3.63, 3.8) is 0 Å². The first-order valence-electron chi connectivity index (χ1n) is 9.16. The lowest BCUT2D eigenvalue weighted by atomic mass is 9.90. The van der Waals surface area contributed by atoms with Gasteiger partial charge in [0.25, 0.3) is 0 Å². The van der Waals surface area contributed by atoms with Gasteiger partial charge in [-0.15, -0.1) is 0 Å². The van der Waals surface area contributed by atoms with Crippen LogP contribution in [0.1, 0.15) is 31.2 Å². The van der Waals surface area contributed by atoms with Gasteiger partial charge in [-0.2, -0.15) is 0 Å². The Morgan fingerprint density at radius 1 is 1.24 bits per heavy atom. The molecule has 1 fully saturated rings. The van der Waals surface area contributed by atoms with E-state index in [-0.39, 0.29) is 11.7 Å². The van der Waals surface area contributed by atoms with Crippen LogP contribution < -0.4 is 4.74 Å². The minimum absolute atomic E-state index is 0.107. The van der Waals surface area contributed by atoms with Gasteiger partial charge in [-0.25, -0.2) is 9.37 Å². The molecule has 5 heteroatoms. The summed E-state index contributed by atoms with van der Waals surface area (Å²) >= 11 is 0. The molecule has 0 N–H and O–H groups in total. The number of hydrogen-bond donors (Lipinski definition) is 0. The number of pyridine rings is 1. The molecule has 25 heavy (non-hydrogen) atoms. The maximum Gasteiger partial charge on any atom is 0.213 e. The van der Waals surface area contributed by atoms with Gasteiger partial charge < -0.3 is 14.5 Å². The van der Waals surface area contributed by atoms with Crippen molar-refractivity contribution in [2.45, 2.75) is 25.7 Å². The number of ether oxygens (including phenoxy) is 1. The zero-order valence-corrected chi connectivity index (χ0v) is 15.2. The molecule has 3 rings (SSSR count). The molecule has 0 aromatic carbocycles. The third-order valence-corrected chi connectivity index (χ3v) is 5.03. The maximum absolute atomic E-state index is 13.4. The Labute approximate surface area is 150 Å². The third kappa shape index (κ3) is 5.13. The largest absolute Gasteiger partial charge is 0.478 e. The van der Waals surface area contributed by atoms with E-state index in [1.807, 2.05) is 31.3 Å². The Hall–Kier alpha value is -1.72. The van der Waals surface area contributed by atoms with Crippen LogP contribution in [0.3, 0.4) is 0 Å². The van der Waals surface area contributed by atoms with Gasteiger partial charge >= 0.3 is 0 Å². The van der Waals surface area contributed by atoms with Crippen LogP contribution in [0.4, 0.5) is 4.39 Å². The number of rotatable bonds is 6. The highest BCUT2D eigenvalue weighted by molar-refractivity contribution is 5.35. The predicted octanol–water partition coefficient (Wildman–Crippen LogP) is 3.38. The topological polar surface area (TPSA) is 28.6 Å². The first kappa shape index (κ1) is 18.1. The highest BCUT2D eigenvalue weighted by Crippen LogP contribution is 2.31. The average Bonchev–Trinajstić information content (AvgIpc) is 2.63. The van der Waals surface area contributed by atoms with Crippen molar-refractivity contribution in [3.8, 4) is 5.88 Å². The van der Waals surface area contributed by atoms with Crippen molar-refractivity contribution in [2.24, 2.45) is 0 Å². The van der Waals surface area contributed by atoms with Crippen LogP contribution in [0.2, 0.25) is 0 Å². The summed E-state index contributed by atoms with van der Waals surface area (Å²) in [6.45, 7) is 8.17. The summed E-state index contributed by atoms with van der Waals surface area (Å²) in [5.41, 5.74) is 1.81. The van der Waals surface area contributed by atoms with E-state index < -0.39 is 0 Å². The van der Waals surface area contributed by atoms with Crippen LogP contribution >= 0.6 is 0 Å². The van der Waals surface area contributed by atoms with E-state index in [0.29, 0.717) is 24.5 Å². The normalized spacial score (nSPS) is 22.4. The molecule has 0 bridgehead atoms. The van der Waals surface area contributed by atoms with Crippen molar-refractivity contribution in [1.82, 2.24) is 14.8 Å². The molecule has 1 aromatic rings. The van der Waals surface area contributed by atoms with Gasteiger partial charge in [-0.3, -0.25) is 0 Å². The summed E-state index contributed by atoms with van der Waals surface area (Å²) in [5, 5.41) is 0. The van der Waals surface area contributed by atoms with Crippen LogP contribution in [0.5, 0.6) is 5.88 Å². The number of likely N-dealkylation sites (N-methyl/N-ethyl adjacent to an activating group) is 1. The van der Waals surface area contributed by atoms with Crippen LogP contribution in [0.15, 0.2) is 41.9 Å². The lowest BCUT2D eigenvalue weighted by molar-refractivity contribution is 0.145. The summed E-state index contributed by atoms with van der Waals surface area (Å²) in [5.74, 6) is 0.767. The van der Waals surface area contributed by atoms with E-state index in [2.05, 4.69) is 21.8 Å². The highest BCUT2D eigenvalue weighted by atomic mass is 19.1. The molecule has 1 saturated heterocycles. The summed E-state index contributed by atoms with van der Waals surface area (Å²) in [6, 6.07) is 3.96. The summed E-state index contributed by atoms with van der Waals surface area (Å²) in [6.07, 6.45) is 7.19. The van der Waals surface area contributed by atoms with Gasteiger partial charge in [0.2, 0.25) is 5.88 Å². The number of hydrogen-bond acceptors (Lipinski definition) is 4. The predicted molar refractivity (Wildman–Crippen MR) is 98.6 cm³/mol. The number of allylic oxidation sites excluding steroid dienone is 4. The molecular weight excluding hydrogens is 317 g/mol.